The van der Waals surface area contributed by atoms with Gasteiger partial charge in [-0.3, -0.25) is 4.79 Å². The van der Waals surface area contributed by atoms with E-state index in [0.717, 1.165) is 42.6 Å². The lowest BCUT2D eigenvalue weighted by atomic mass is 9.96. The van der Waals surface area contributed by atoms with E-state index < -0.39 is 0 Å². The summed E-state index contributed by atoms with van der Waals surface area (Å²) in [7, 11) is 6.26. The quantitative estimate of drug-likeness (QED) is 0.143. The van der Waals surface area contributed by atoms with Gasteiger partial charge in [-0.1, -0.05) is 60.7 Å². The molecule has 0 bridgehead atoms. The van der Waals surface area contributed by atoms with Gasteiger partial charge in [0.15, 0.2) is 5.78 Å². The van der Waals surface area contributed by atoms with Crippen LogP contribution in [-0.2, 0) is 6.54 Å². The number of hydrogen-bond acceptors (Lipinski definition) is 4. The van der Waals surface area contributed by atoms with Gasteiger partial charge in [0.05, 0.1) is 12.2 Å². The summed E-state index contributed by atoms with van der Waals surface area (Å²) in [5.41, 5.74) is 6.31. The number of unbranched alkanes of at least 4 members (excludes halogenated alkanes) is 1. The highest BCUT2D eigenvalue weighted by molar-refractivity contribution is 6.09. The Morgan fingerprint density at radius 1 is 0.921 bits per heavy atom. The molecule has 0 atom stereocenters. The fourth-order valence-electron chi connectivity index (χ4n) is 4.32. The summed E-state index contributed by atoms with van der Waals surface area (Å²) in [6, 6.07) is 22.4. The van der Waals surface area contributed by atoms with E-state index in [4.69, 9.17) is 4.74 Å². The number of ketones is 1. The van der Waals surface area contributed by atoms with Crippen LogP contribution in [0.2, 0.25) is 0 Å². The van der Waals surface area contributed by atoms with E-state index >= 15 is 0 Å². The summed E-state index contributed by atoms with van der Waals surface area (Å²) in [5.74, 6) is 0.588. The number of allylic oxidation sites excluding steroid dienone is 1. The van der Waals surface area contributed by atoms with Gasteiger partial charge in [0.2, 0.25) is 0 Å². The largest absolute Gasteiger partial charge is 0.493 e. The number of hydrogen-bond donors (Lipinski definition) is 0. The third-order valence-electron chi connectivity index (χ3n) is 6.95. The molecular weight excluding hydrogens is 468 g/mol. The molecule has 0 aliphatic rings. The molecule has 0 aromatic heterocycles. The second kappa shape index (κ2) is 13.5. The predicted octanol–water partition coefficient (Wildman–Crippen LogP) is 7.51. The summed E-state index contributed by atoms with van der Waals surface area (Å²) in [6.45, 7) is 11.2. The first-order chi connectivity index (χ1) is 18.1. The van der Waals surface area contributed by atoms with Crippen molar-refractivity contribution in [2.45, 2.75) is 52.6 Å². The Labute approximate surface area is 229 Å². The SMILES string of the molecule is Cc1ccccc1-c1ccc(OCCCCN(C)C(C)(C)C)c(C(=O)C=Cc2ccccc2CN(C)C)c1. The van der Waals surface area contributed by atoms with Crippen molar-refractivity contribution in [1.29, 1.82) is 0 Å². The van der Waals surface area contributed by atoms with E-state index in [2.05, 4.69) is 74.9 Å². The Morgan fingerprint density at radius 2 is 1.63 bits per heavy atom. The van der Waals surface area contributed by atoms with E-state index in [1.807, 2.05) is 56.6 Å². The number of nitrogens with zero attached hydrogens (tertiary/aromatic N) is 2. The van der Waals surface area contributed by atoms with E-state index in [0.29, 0.717) is 17.9 Å². The van der Waals surface area contributed by atoms with Gasteiger partial charge in [-0.15, -0.1) is 0 Å². The predicted molar refractivity (Wildman–Crippen MR) is 161 cm³/mol. The lowest BCUT2D eigenvalue weighted by Gasteiger charge is -2.31. The monoisotopic (exact) mass is 512 g/mol. The van der Waals surface area contributed by atoms with Gasteiger partial charge in [-0.2, -0.15) is 0 Å². The molecule has 0 heterocycles. The summed E-state index contributed by atoms with van der Waals surface area (Å²) < 4.78 is 6.20. The molecule has 3 aromatic rings. The molecule has 38 heavy (non-hydrogen) atoms. The minimum absolute atomic E-state index is 0.0532. The van der Waals surface area contributed by atoms with Crippen molar-refractivity contribution < 1.29 is 9.53 Å². The first kappa shape index (κ1) is 29.3. The van der Waals surface area contributed by atoms with Crippen LogP contribution in [0.3, 0.4) is 0 Å². The van der Waals surface area contributed by atoms with Gasteiger partial charge < -0.3 is 14.5 Å². The fourth-order valence-corrected chi connectivity index (χ4v) is 4.32. The smallest absolute Gasteiger partial charge is 0.189 e. The summed E-state index contributed by atoms with van der Waals surface area (Å²) in [6.07, 6.45) is 5.58. The zero-order valence-corrected chi connectivity index (χ0v) is 24.3. The first-order valence-corrected chi connectivity index (χ1v) is 13.6. The maximum absolute atomic E-state index is 13.5. The summed E-state index contributed by atoms with van der Waals surface area (Å²) >= 11 is 0. The minimum Gasteiger partial charge on any atom is -0.493 e. The van der Waals surface area contributed by atoms with Gasteiger partial charge in [-0.05, 0) is 114 Å². The second-order valence-corrected chi connectivity index (χ2v) is 11.3. The van der Waals surface area contributed by atoms with Crippen molar-refractivity contribution in [2.75, 3.05) is 34.3 Å². The summed E-state index contributed by atoms with van der Waals surface area (Å²) in [5, 5.41) is 0. The number of carbonyl (C=O) groups excluding carboxylic acids is 1. The lowest BCUT2D eigenvalue weighted by molar-refractivity contribution is 0.104. The molecule has 3 rings (SSSR count). The number of ether oxygens (including phenoxy) is 1. The number of aryl methyl sites for hydroxylation is 1. The van der Waals surface area contributed by atoms with Crippen LogP contribution < -0.4 is 4.74 Å². The molecule has 0 spiro atoms. The van der Waals surface area contributed by atoms with Crippen LogP contribution in [0.25, 0.3) is 17.2 Å². The van der Waals surface area contributed by atoms with Crippen LogP contribution in [0.5, 0.6) is 5.75 Å². The van der Waals surface area contributed by atoms with Crippen LogP contribution in [0.15, 0.2) is 72.8 Å². The molecule has 202 valence electrons. The van der Waals surface area contributed by atoms with Crippen LogP contribution >= 0.6 is 0 Å². The van der Waals surface area contributed by atoms with Gasteiger partial charge in [0.1, 0.15) is 5.75 Å². The second-order valence-electron chi connectivity index (χ2n) is 11.3. The van der Waals surface area contributed by atoms with Crippen LogP contribution in [-0.4, -0.2) is 55.4 Å². The summed E-state index contributed by atoms with van der Waals surface area (Å²) in [4.78, 5) is 18.0. The van der Waals surface area contributed by atoms with Gasteiger partial charge >= 0.3 is 0 Å². The molecule has 0 saturated heterocycles. The minimum atomic E-state index is -0.0532. The van der Waals surface area contributed by atoms with Gasteiger partial charge in [-0.25, -0.2) is 0 Å². The average Bonchev–Trinajstić information content (AvgIpc) is 2.87. The average molecular weight is 513 g/mol. The van der Waals surface area contributed by atoms with Crippen LogP contribution in [0.4, 0.5) is 0 Å². The molecule has 0 amide bonds. The zero-order valence-electron chi connectivity index (χ0n) is 24.3. The lowest BCUT2D eigenvalue weighted by Crippen LogP contribution is -2.38. The van der Waals surface area contributed by atoms with Gasteiger partial charge in [0, 0.05) is 12.1 Å². The number of carbonyl (C=O) groups is 1. The molecular formula is C34H44N2O2. The highest BCUT2D eigenvalue weighted by Gasteiger charge is 2.16. The third-order valence-corrected chi connectivity index (χ3v) is 6.95. The fraction of sp³-hybridized carbons (Fsp3) is 0.382. The van der Waals surface area contributed by atoms with E-state index in [1.165, 1.54) is 11.1 Å². The molecule has 0 fully saturated rings. The Balaban J connectivity index is 1.82. The molecule has 4 heteroatoms. The topological polar surface area (TPSA) is 32.8 Å². The van der Waals surface area contributed by atoms with Gasteiger partial charge in [0.25, 0.3) is 0 Å². The normalized spacial score (nSPS) is 12.0. The van der Waals surface area contributed by atoms with Crippen LogP contribution in [0.1, 0.15) is 60.7 Å². The first-order valence-electron chi connectivity index (χ1n) is 13.6. The molecule has 0 aliphatic carbocycles. The zero-order chi connectivity index (χ0) is 27.7. The highest BCUT2D eigenvalue weighted by atomic mass is 16.5. The van der Waals surface area contributed by atoms with E-state index in [9.17, 15) is 4.79 Å². The molecule has 4 nitrogen and oxygen atoms in total. The third kappa shape index (κ3) is 8.41. The molecule has 3 aromatic carbocycles. The Kier molecular flexibility index (Phi) is 10.5. The Morgan fingerprint density at radius 3 is 2.34 bits per heavy atom. The molecule has 0 radical (unpaired) electrons. The Bertz CT molecular complexity index is 1240. The van der Waals surface area contributed by atoms with Crippen molar-refractivity contribution in [1.82, 2.24) is 9.80 Å². The maximum Gasteiger partial charge on any atom is 0.189 e. The standard InChI is InChI=1S/C34H44N2O2/c1-26-14-8-11-17-30(26)28-19-21-33(38-23-13-12-22-36(7)34(2,3)4)31(24-28)32(37)20-18-27-15-9-10-16-29(27)25-35(5)6/h8-11,14-21,24H,12-13,22-23,25H2,1-7H3. The van der Waals surface area contributed by atoms with Crippen molar-refractivity contribution >= 4 is 11.9 Å². The molecule has 0 unspecified atom stereocenters. The number of benzene rings is 3. The highest BCUT2D eigenvalue weighted by Crippen LogP contribution is 2.30. The molecule has 0 aliphatic heterocycles. The Hall–Kier alpha value is -3.21. The maximum atomic E-state index is 13.5. The van der Waals surface area contributed by atoms with Crippen LogP contribution in [0, 0.1) is 6.92 Å². The van der Waals surface area contributed by atoms with Crippen molar-refractivity contribution in [3.63, 3.8) is 0 Å². The van der Waals surface area contributed by atoms with Crippen molar-refractivity contribution in [3.05, 3.63) is 95.1 Å². The van der Waals surface area contributed by atoms with E-state index in [-0.39, 0.29) is 11.3 Å². The van der Waals surface area contributed by atoms with E-state index in [1.54, 1.807) is 6.08 Å². The number of rotatable bonds is 12. The van der Waals surface area contributed by atoms with Crippen molar-refractivity contribution in [3.8, 4) is 16.9 Å². The molecule has 0 N–H and O–H groups in total. The molecule has 0 saturated carbocycles. The van der Waals surface area contributed by atoms with Crippen molar-refractivity contribution in [2.24, 2.45) is 0 Å².